The third kappa shape index (κ3) is 2.91. The van der Waals surface area contributed by atoms with Gasteiger partial charge in [0.15, 0.2) is 11.7 Å². The molecule has 2 rings (SSSR count). The van der Waals surface area contributed by atoms with Crippen molar-refractivity contribution in [1.82, 2.24) is 10.1 Å². The zero-order chi connectivity index (χ0) is 11.4. The Labute approximate surface area is 99.1 Å². The van der Waals surface area contributed by atoms with Gasteiger partial charge in [-0.3, -0.25) is 0 Å². The molecule has 2 heterocycles. The van der Waals surface area contributed by atoms with Crippen molar-refractivity contribution in [2.24, 2.45) is 10.7 Å². The second kappa shape index (κ2) is 5.25. The molecule has 2 N–H and O–H groups in total. The summed E-state index contributed by atoms with van der Waals surface area (Å²) in [6.45, 7) is 4.32. The first-order chi connectivity index (χ1) is 7.75. The zero-order valence-corrected chi connectivity index (χ0v) is 10.2. The molecule has 0 aromatic carbocycles. The summed E-state index contributed by atoms with van der Waals surface area (Å²) in [6, 6.07) is 1.88. The maximum atomic E-state index is 5.91. The monoisotopic (exact) mass is 240 g/mol. The highest BCUT2D eigenvalue weighted by atomic mass is 32.2. The fourth-order valence-corrected chi connectivity index (χ4v) is 2.45. The van der Waals surface area contributed by atoms with Crippen molar-refractivity contribution in [2.45, 2.75) is 13.5 Å². The molecule has 16 heavy (non-hydrogen) atoms. The van der Waals surface area contributed by atoms with Gasteiger partial charge < -0.3 is 15.2 Å². The maximum Gasteiger partial charge on any atom is 0.191 e. The molecule has 0 unspecified atom stereocenters. The van der Waals surface area contributed by atoms with E-state index < -0.39 is 0 Å². The standard InChI is InChI=1S/C10H16N4OS/c1-8-6-9(15-13-8)7-12-10(11)14-2-4-16-5-3-14/h6H,2-5,7H2,1H3,(H2,11,12). The van der Waals surface area contributed by atoms with E-state index in [2.05, 4.69) is 15.0 Å². The number of aromatic nitrogens is 1. The summed E-state index contributed by atoms with van der Waals surface area (Å²) >= 11 is 1.95. The minimum Gasteiger partial charge on any atom is -0.370 e. The smallest absolute Gasteiger partial charge is 0.191 e. The molecule has 1 aliphatic rings. The van der Waals surface area contributed by atoms with E-state index in [0.717, 1.165) is 36.0 Å². The number of rotatable bonds is 2. The summed E-state index contributed by atoms with van der Waals surface area (Å²) in [7, 11) is 0. The van der Waals surface area contributed by atoms with Gasteiger partial charge in [-0.05, 0) is 6.92 Å². The van der Waals surface area contributed by atoms with Crippen LogP contribution in [0.1, 0.15) is 11.5 Å². The van der Waals surface area contributed by atoms with Crippen molar-refractivity contribution in [3.8, 4) is 0 Å². The first-order valence-electron chi connectivity index (χ1n) is 5.30. The molecule has 1 fully saturated rings. The van der Waals surface area contributed by atoms with Gasteiger partial charge in [0.25, 0.3) is 0 Å². The van der Waals surface area contributed by atoms with Crippen LogP contribution in [-0.4, -0.2) is 40.6 Å². The van der Waals surface area contributed by atoms with E-state index in [9.17, 15) is 0 Å². The fourth-order valence-electron chi connectivity index (χ4n) is 1.54. The van der Waals surface area contributed by atoms with Crippen LogP contribution in [0.5, 0.6) is 0 Å². The second-order valence-corrected chi connectivity index (χ2v) is 4.93. The van der Waals surface area contributed by atoms with Crippen LogP contribution >= 0.6 is 11.8 Å². The molecule has 0 spiro atoms. The third-order valence-electron chi connectivity index (χ3n) is 2.41. The summed E-state index contributed by atoms with van der Waals surface area (Å²) in [6.07, 6.45) is 0. The predicted molar refractivity (Wildman–Crippen MR) is 65.5 cm³/mol. The van der Waals surface area contributed by atoms with E-state index in [1.807, 2.05) is 24.8 Å². The summed E-state index contributed by atoms with van der Waals surface area (Å²) in [5.41, 5.74) is 6.78. The lowest BCUT2D eigenvalue weighted by Gasteiger charge is -2.27. The Morgan fingerprint density at radius 3 is 3.00 bits per heavy atom. The van der Waals surface area contributed by atoms with Crippen molar-refractivity contribution in [2.75, 3.05) is 24.6 Å². The van der Waals surface area contributed by atoms with Crippen molar-refractivity contribution >= 4 is 17.7 Å². The summed E-state index contributed by atoms with van der Waals surface area (Å²) in [5.74, 6) is 3.61. The van der Waals surface area contributed by atoms with E-state index in [1.165, 1.54) is 0 Å². The Morgan fingerprint density at radius 1 is 1.62 bits per heavy atom. The first-order valence-corrected chi connectivity index (χ1v) is 6.46. The molecule has 1 aromatic rings. The van der Waals surface area contributed by atoms with Gasteiger partial charge in [-0.2, -0.15) is 11.8 Å². The SMILES string of the molecule is Cc1cc(CN=C(N)N2CCSCC2)on1. The highest BCUT2D eigenvalue weighted by Gasteiger charge is 2.12. The van der Waals surface area contributed by atoms with Crippen LogP contribution in [0.2, 0.25) is 0 Å². The van der Waals surface area contributed by atoms with Crippen LogP contribution in [0.25, 0.3) is 0 Å². The van der Waals surface area contributed by atoms with Crippen LogP contribution < -0.4 is 5.73 Å². The number of aliphatic imine (C=N–C) groups is 1. The fraction of sp³-hybridized carbons (Fsp3) is 0.600. The number of aryl methyl sites for hydroxylation is 1. The maximum absolute atomic E-state index is 5.91. The molecule has 5 nitrogen and oxygen atoms in total. The van der Waals surface area contributed by atoms with Gasteiger partial charge in [0.05, 0.1) is 5.69 Å². The predicted octanol–water partition coefficient (Wildman–Crippen LogP) is 0.847. The van der Waals surface area contributed by atoms with Gasteiger partial charge in [-0.1, -0.05) is 5.16 Å². The van der Waals surface area contributed by atoms with Crippen molar-refractivity contribution in [1.29, 1.82) is 0 Å². The quantitative estimate of drug-likeness (QED) is 0.613. The Bertz CT molecular complexity index is 371. The van der Waals surface area contributed by atoms with E-state index >= 15 is 0 Å². The Kier molecular flexibility index (Phi) is 3.71. The van der Waals surface area contributed by atoms with Crippen molar-refractivity contribution in [3.63, 3.8) is 0 Å². The largest absolute Gasteiger partial charge is 0.370 e. The molecule has 0 atom stereocenters. The van der Waals surface area contributed by atoms with Crippen molar-refractivity contribution < 1.29 is 4.52 Å². The minimum absolute atomic E-state index is 0.469. The third-order valence-corrected chi connectivity index (χ3v) is 3.35. The zero-order valence-electron chi connectivity index (χ0n) is 9.35. The van der Waals surface area contributed by atoms with Gasteiger partial charge in [-0.15, -0.1) is 0 Å². The molecule has 0 saturated carbocycles. The number of nitrogens with zero attached hydrogens (tertiary/aromatic N) is 3. The lowest BCUT2D eigenvalue weighted by atomic mass is 10.4. The summed E-state index contributed by atoms with van der Waals surface area (Å²) < 4.78 is 5.07. The number of hydrogen-bond donors (Lipinski definition) is 1. The number of thioether (sulfide) groups is 1. The lowest BCUT2D eigenvalue weighted by Crippen LogP contribution is -2.42. The first kappa shape index (κ1) is 11.3. The normalized spacial score (nSPS) is 17.8. The van der Waals surface area contributed by atoms with Crippen LogP contribution in [0, 0.1) is 6.92 Å². The second-order valence-electron chi connectivity index (χ2n) is 3.71. The highest BCUT2D eigenvalue weighted by molar-refractivity contribution is 7.99. The molecule has 0 bridgehead atoms. The van der Waals surface area contributed by atoms with Gasteiger partial charge in [0.2, 0.25) is 0 Å². The molecular weight excluding hydrogens is 224 g/mol. The average Bonchev–Trinajstić information content (AvgIpc) is 2.73. The Morgan fingerprint density at radius 2 is 2.38 bits per heavy atom. The Balaban J connectivity index is 1.90. The average molecular weight is 240 g/mol. The van der Waals surface area contributed by atoms with Crippen molar-refractivity contribution in [3.05, 3.63) is 17.5 Å². The topological polar surface area (TPSA) is 67.7 Å². The van der Waals surface area contributed by atoms with E-state index in [-0.39, 0.29) is 0 Å². The molecule has 0 amide bonds. The van der Waals surface area contributed by atoms with E-state index in [1.54, 1.807) is 0 Å². The summed E-state index contributed by atoms with van der Waals surface area (Å²) in [4.78, 5) is 6.42. The molecule has 88 valence electrons. The Hall–Kier alpha value is -1.17. The van der Waals surface area contributed by atoms with Crippen LogP contribution in [-0.2, 0) is 6.54 Å². The molecule has 0 aliphatic carbocycles. The molecule has 1 aliphatic heterocycles. The molecule has 1 saturated heterocycles. The van der Waals surface area contributed by atoms with Crippen LogP contribution in [0.4, 0.5) is 0 Å². The van der Waals surface area contributed by atoms with Gasteiger partial charge in [0.1, 0.15) is 6.54 Å². The lowest BCUT2D eigenvalue weighted by molar-refractivity contribution is 0.379. The van der Waals surface area contributed by atoms with Gasteiger partial charge >= 0.3 is 0 Å². The highest BCUT2D eigenvalue weighted by Crippen LogP contribution is 2.09. The van der Waals surface area contributed by atoms with Gasteiger partial charge in [-0.25, -0.2) is 4.99 Å². The number of nitrogens with two attached hydrogens (primary N) is 1. The molecule has 1 aromatic heterocycles. The molecule has 0 radical (unpaired) electrons. The number of guanidine groups is 1. The van der Waals surface area contributed by atoms with E-state index in [0.29, 0.717) is 12.5 Å². The van der Waals surface area contributed by atoms with Crippen LogP contribution in [0.15, 0.2) is 15.6 Å². The number of hydrogen-bond acceptors (Lipinski definition) is 4. The minimum atomic E-state index is 0.469. The van der Waals surface area contributed by atoms with Crippen LogP contribution in [0.3, 0.4) is 0 Å². The summed E-state index contributed by atoms with van der Waals surface area (Å²) in [5, 5.41) is 3.81. The molecule has 6 heteroatoms. The van der Waals surface area contributed by atoms with E-state index in [4.69, 9.17) is 10.3 Å². The van der Waals surface area contributed by atoms with Gasteiger partial charge in [0, 0.05) is 30.7 Å². The molecular formula is C10H16N4OS.